The molecule has 1 heterocycles. The first-order chi connectivity index (χ1) is 9.16. The maximum atomic E-state index is 11.7. The van der Waals surface area contributed by atoms with Crippen LogP contribution in [0, 0.1) is 0 Å². The predicted molar refractivity (Wildman–Crippen MR) is 72.0 cm³/mol. The lowest BCUT2D eigenvalue weighted by atomic mass is 10.2. The minimum absolute atomic E-state index is 0.241. The highest BCUT2D eigenvalue weighted by Gasteiger charge is 2.19. The number of para-hydroxylation sites is 1. The fraction of sp³-hybridized carbons (Fsp3) is 0.286. The highest BCUT2D eigenvalue weighted by Crippen LogP contribution is 2.15. The van der Waals surface area contributed by atoms with Crippen molar-refractivity contribution in [3.05, 3.63) is 42.5 Å². The van der Waals surface area contributed by atoms with Crippen molar-refractivity contribution in [1.82, 2.24) is 4.90 Å². The molecule has 0 saturated carbocycles. The first kappa shape index (κ1) is 13.1. The predicted octanol–water partition coefficient (Wildman–Crippen LogP) is 0.976. The zero-order valence-electron chi connectivity index (χ0n) is 10.5. The molecular weight excluding hydrogens is 244 g/mol. The van der Waals surface area contributed by atoms with Gasteiger partial charge in [-0.3, -0.25) is 4.79 Å². The number of nitrogens with zero attached hydrogens (tertiary/aromatic N) is 2. The Bertz CT molecular complexity index is 477. The standard InChI is InChI=1S/C14H16N2O3/c17-13(6-7-14(18)19)16-10-8-15(9-11-16)12-4-2-1-3-5-12/h1-7H,8-11H2,(H,18,19)/b7-6-. The van der Waals surface area contributed by atoms with Crippen LogP contribution in [0.15, 0.2) is 42.5 Å². The second kappa shape index (κ2) is 6.04. The molecule has 0 atom stereocenters. The van der Waals surface area contributed by atoms with E-state index in [1.807, 2.05) is 30.3 Å². The number of carboxylic acids is 1. The molecule has 5 nitrogen and oxygen atoms in total. The Morgan fingerprint density at radius 1 is 1.00 bits per heavy atom. The Labute approximate surface area is 111 Å². The molecular formula is C14H16N2O3. The van der Waals surface area contributed by atoms with E-state index in [4.69, 9.17) is 5.11 Å². The zero-order chi connectivity index (χ0) is 13.7. The number of hydrogen-bond donors (Lipinski definition) is 1. The molecule has 100 valence electrons. The van der Waals surface area contributed by atoms with Crippen LogP contribution in [0.2, 0.25) is 0 Å². The fourth-order valence-electron chi connectivity index (χ4n) is 2.07. The summed E-state index contributed by atoms with van der Waals surface area (Å²) in [6.07, 6.45) is 1.99. The number of aliphatic carboxylic acids is 1. The van der Waals surface area contributed by atoms with Gasteiger partial charge in [-0.1, -0.05) is 18.2 Å². The van der Waals surface area contributed by atoms with Gasteiger partial charge in [0.25, 0.3) is 0 Å². The third kappa shape index (κ3) is 3.58. The first-order valence-corrected chi connectivity index (χ1v) is 6.17. The lowest BCUT2D eigenvalue weighted by Gasteiger charge is -2.35. The van der Waals surface area contributed by atoms with Gasteiger partial charge in [0, 0.05) is 44.0 Å². The first-order valence-electron chi connectivity index (χ1n) is 6.17. The number of benzene rings is 1. The molecule has 0 unspecified atom stereocenters. The van der Waals surface area contributed by atoms with E-state index in [-0.39, 0.29) is 5.91 Å². The van der Waals surface area contributed by atoms with E-state index >= 15 is 0 Å². The highest BCUT2D eigenvalue weighted by atomic mass is 16.4. The molecule has 5 heteroatoms. The van der Waals surface area contributed by atoms with Crippen molar-refractivity contribution in [3.8, 4) is 0 Å². The molecule has 1 fully saturated rings. The molecule has 1 aliphatic rings. The van der Waals surface area contributed by atoms with E-state index in [2.05, 4.69) is 4.90 Å². The molecule has 1 aliphatic heterocycles. The highest BCUT2D eigenvalue weighted by molar-refractivity contribution is 5.94. The van der Waals surface area contributed by atoms with Crippen molar-refractivity contribution in [2.45, 2.75) is 0 Å². The number of rotatable bonds is 3. The van der Waals surface area contributed by atoms with E-state index in [1.165, 1.54) is 0 Å². The Morgan fingerprint density at radius 2 is 1.63 bits per heavy atom. The SMILES string of the molecule is O=C(O)/C=C\C(=O)N1CCN(c2ccccc2)CC1. The zero-order valence-corrected chi connectivity index (χ0v) is 10.5. The smallest absolute Gasteiger partial charge is 0.328 e. The second-order valence-electron chi connectivity index (χ2n) is 4.32. The van der Waals surface area contributed by atoms with Crippen LogP contribution in [0.1, 0.15) is 0 Å². The maximum absolute atomic E-state index is 11.7. The van der Waals surface area contributed by atoms with E-state index in [1.54, 1.807) is 4.90 Å². The van der Waals surface area contributed by atoms with E-state index in [9.17, 15) is 9.59 Å². The molecule has 1 aromatic rings. The minimum Gasteiger partial charge on any atom is -0.478 e. The van der Waals surface area contributed by atoms with Crippen LogP contribution in [0.4, 0.5) is 5.69 Å². The van der Waals surface area contributed by atoms with Crippen LogP contribution >= 0.6 is 0 Å². The molecule has 2 rings (SSSR count). The Kier molecular flexibility index (Phi) is 4.18. The van der Waals surface area contributed by atoms with Crippen molar-refractivity contribution < 1.29 is 14.7 Å². The molecule has 1 amide bonds. The summed E-state index contributed by atoms with van der Waals surface area (Å²) in [5, 5.41) is 8.49. The topological polar surface area (TPSA) is 60.9 Å². The maximum Gasteiger partial charge on any atom is 0.328 e. The van der Waals surface area contributed by atoms with Gasteiger partial charge in [0.1, 0.15) is 0 Å². The van der Waals surface area contributed by atoms with E-state index < -0.39 is 5.97 Å². The van der Waals surface area contributed by atoms with Crippen LogP contribution in [0.3, 0.4) is 0 Å². The number of piperazine rings is 1. The summed E-state index contributed by atoms with van der Waals surface area (Å²) in [6.45, 7) is 2.74. The average Bonchev–Trinajstić information content (AvgIpc) is 2.46. The quantitative estimate of drug-likeness (QED) is 0.823. The molecule has 0 bridgehead atoms. The van der Waals surface area contributed by atoms with Crippen LogP contribution in [-0.4, -0.2) is 48.1 Å². The molecule has 19 heavy (non-hydrogen) atoms. The monoisotopic (exact) mass is 260 g/mol. The molecule has 1 aromatic carbocycles. The molecule has 0 spiro atoms. The lowest BCUT2D eigenvalue weighted by Crippen LogP contribution is -2.48. The number of hydrogen-bond acceptors (Lipinski definition) is 3. The van der Waals surface area contributed by atoms with Gasteiger partial charge in [0.05, 0.1) is 0 Å². The third-order valence-corrected chi connectivity index (χ3v) is 3.08. The number of anilines is 1. The lowest BCUT2D eigenvalue weighted by molar-refractivity contribution is -0.132. The number of amides is 1. The largest absolute Gasteiger partial charge is 0.478 e. The van der Waals surface area contributed by atoms with Gasteiger partial charge < -0.3 is 14.9 Å². The van der Waals surface area contributed by atoms with Gasteiger partial charge in [-0.2, -0.15) is 0 Å². The molecule has 1 N–H and O–H groups in total. The third-order valence-electron chi connectivity index (χ3n) is 3.08. The van der Waals surface area contributed by atoms with Gasteiger partial charge in [-0.15, -0.1) is 0 Å². The van der Waals surface area contributed by atoms with Gasteiger partial charge in [0.15, 0.2) is 0 Å². The van der Waals surface area contributed by atoms with Crippen LogP contribution in [0.5, 0.6) is 0 Å². The Balaban J connectivity index is 1.89. The van der Waals surface area contributed by atoms with Gasteiger partial charge in [-0.25, -0.2) is 4.79 Å². The van der Waals surface area contributed by atoms with Gasteiger partial charge in [0.2, 0.25) is 5.91 Å². The summed E-state index contributed by atoms with van der Waals surface area (Å²) < 4.78 is 0. The summed E-state index contributed by atoms with van der Waals surface area (Å²) in [5.74, 6) is -1.34. The van der Waals surface area contributed by atoms with Crippen molar-refractivity contribution in [2.24, 2.45) is 0 Å². The molecule has 0 aromatic heterocycles. The molecule has 0 aliphatic carbocycles. The summed E-state index contributed by atoms with van der Waals surface area (Å²) in [4.78, 5) is 25.9. The number of carbonyl (C=O) groups excluding carboxylic acids is 1. The second-order valence-corrected chi connectivity index (χ2v) is 4.32. The average molecular weight is 260 g/mol. The van der Waals surface area contributed by atoms with Crippen molar-refractivity contribution >= 4 is 17.6 Å². The molecule has 1 saturated heterocycles. The Hall–Kier alpha value is -2.30. The summed E-state index contributed by atoms with van der Waals surface area (Å²) in [5.41, 5.74) is 1.15. The van der Waals surface area contributed by atoms with Crippen molar-refractivity contribution in [2.75, 3.05) is 31.1 Å². The fourth-order valence-corrected chi connectivity index (χ4v) is 2.07. The van der Waals surface area contributed by atoms with Gasteiger partial charge in [-0.05, 0) is 12.1 Å². The Morgan fingerprint density at radius 3 is 2.21 bits per heavy atom. The van der Waals surface area contributed by atoms with E-state index in [0.717, 1.165) is 30.9 Å². The van der Waals surface area contributed by atoms with E-state index in [0.29, 0.717) is 13.1 Å². The van der Waals surface area contributed by atoms with Crippen LogP contribution in [0.25, 0.3) is 0 Å². The number of carboxylic acid groups (broad SMARTS) is 1. The summed E-state index contributed by atoms with van der Waals surface area (Å²) in [6, 6.07) is 10.0. The van der Waals surface area contributed by atoms with Crippen LogP contribution < -0.4 is 4.90 Å². The summed E-state index contributed by atoms with van der Waals surface area (Å²) in [7, 11) is 0. The summed E-state index contributed by atoms with van der Waals surface area (Å²) >= 11 is 0. The van der Waals surface area contributed by atoms with Crippen LogP contribution in [-0.2, 0) is 9.59 Å². The van der Waals surface area contributed by atoms with Gasteiger partial charge >= 0.3 is 5.97 Å². The minimum atomic E-state index is -1.10. The number of carbonyl (C=O) groups is 2. The van der Waals surface area contributed by atoms with Crippen molar-refractivity contribution in [3.63, 3.8) is 0 Å². The molecule has 0 radical (unpaired) electrons. The normalized spacial score (nSPS) is 15.8. The van der Waals surface area contributed by atoms with Crippen molar-refractivity contribution in [1.29, 1.82) is 0 Å².